The fourth-order valence-electron chi connectivity index (χ4n) is 1.77. The van der Waals surface area contributed by atoms with Gasteiger partial charge in [-0.3, -0.25) is 0 Å². The molecule has 5 nitrogen and oxygen atoms in total. The Morgan fingerprint density at radius 1 is 1.50 bits per heavy atom. The number of hydrogen-bond acceptors (Lipinski definition) is 4. The minimum Gasteiger partial charge on any atom is -0.407 e. The summed E-state index contributed by atoms with van der Waals surface area (Å²) in [7, 11) is 0. The third-order valence-corrected chi connectivity index (χ3v) is 2.56. The van der Waals surface area contributed by atoms with E-state index in [4.69, 9.17) is 9.68 Å². The Bertz CT molecular complexity index is 708. The molecule has 92 valence electrons. The number of rotatable bonds is 2. The van der Waals surface area contributed by atoms with Gasteiger partial charge in [-0.1, -0.05) is 12.1 Å². The first-order valence-electron chi connectivity index (χ1n) is 5.39. The zero-order valence-corrected chi connectivity index (χ0v) is 10.0. The van der Waals surface area contributed by atoms with E-state index in [9.17, 15) is 9.90 Å². The molecular weight excluding hydrogens is 232 g/mol. The van der Waals surface area contributed by atoms with Gasteiger partial charge in [0.05, 0.1) is 17.3 Å². The molecule has 2 aromatic rings. The predicted molar refractivity (Wildman–Crippen MR) is 66.7 cm³/mol. The highest BCUT2D eigenvalue weighted by molar-refractivity contribution is 5.78. The SMILES string of the molecule is CC(C)(O)C(=CC#N)n1c(=O)oc2ccccc21. The molecule has 0 fully saturated rings. The van der Waals surface area contributed by atoms with Gasteiger partial charge in [0, 0.05) is 6.08 Å². The summed E-state index contributed by atoms with van der Waals surface area (Å²) in [6.45, 7) is 3.01. The zero-order chi connectivity index (χ0) is 13.3. The molecule has 18 heavy (non-hydrogen) atoms. The maximum atomic E-state index is 11.8. The zero-order valence-electron chi connectivity index (χ0n) is 10.0. The molecule has 0 amide bonds. The van der Waals surface area contributed by atoms with E-state index in [0.29, 0.717) is 11.1 Å². The highest BCUT2D eigenvalue weighted by atomic mass is 16.4. The number of benzene rings is 1. The molecular formula is C13H12N2O3. The average molecular weight is 244 g/mol. The lowest BCUT2D eigenvalue weighted by Gasteiger charge is -2.20. The van der Waals surface area contributed by atoms with E-state index in [1.807, 2.05) is 6.07 Å². The largest absolute Gasteiger partial charge is 0.424 e. The van der Waals surface area contributed by atoms with Gasteiger partial charge in [0.25, 0.3) is 0 Å². The number of nitriles is 1. The van der Waals surface area contributed by atoms with Crippen LogP contribution in [0.3, 0.4) is 0 Å². The highest BCUT2D eigenvalue weighted by Gasteiger charge is 2.25. The number of allylic oxidation sites excluding steroid dienone is 1. The summed E-state index contributed by atoms with van der Waals surface area (Å²) in [6.07, 6.45) is 1.14. The second kappa shape index (κ2) is 4.17. The molecule has 0 spiro atoms. The van der Waals surface area contributed by atoms with Crippen molar-refractivity contribution >= 4 is 16.8 Å². The quantitative estimate of drug-likeness (QED) is 0.816. The van der Waals surface area contributed by atoms with Crippen molar-refractivity contribution < 1.29 is 9.52 Å². The Balaban J connectivity index is 2.82. The first kappa shape index (κ1) is 12.1. The van der Waals surface area contributed by atoms with Crippen LogP contribution in [0.5, 0.6) is 0 Å². The molecule has 1 aromatic carbocycles. The molecule has 1 N–H and O–H groups in total. The third kappa shape index (κ3) is 1.94. The molecule has 0 aliphatic carbocycles. The topological polar surface area (TPSA) is 79.2 Å². The number of fused-ring (bicyclic) bond motifs is 1. The van der Waals surface area contributed by atoms with Crippen LogP contribution in [0.1, 0.15) is 13.8 Å². The van der Waals surface area contributed by atoms with E-state index in [0.717, 1.165) is 6.08 Å². The highest BCUT2D eigenvalue weighted by Crippen LogP contribution is 2.24. The van der Waals surface area contributed by atoms with Crippen molar-refractivity contribution in [2.75, 3.05) is 0 Å². The average Bonchev–Trinajstić information content (AvgIpc) is 2.60. The summed E-state index contributed by atoms with van der Waals surface area (Å²) in [5.41, 5.74) is -0.215. The summed E-state index contributed by atoms with van der Waals surface area (Å²) in [6, 6.07) is 8.67. The van der Waals surface area contributed by atoms with Crippen molar-refractivity contribution in [2.24, 2.45) is 0 Å². The molecule has 5 heteroatoms. The third-order valence-electron chi connectivity index (χ3n) is 2.56. The van der Waals surface area contributed by atoms with Gasteiger partial charge in [-0.15, -0.1) is 0 Å². The van der Waals surface area contributed by atoms with E-state index in [-0.39, 0.29) is 5.70 Å². The molecule has 0 atom stereocenters. The molecule has 1 heterocycles. The van der Waals surface area contributed by atoms with E-state index in [1.165, 1.54) is 18.4 Å². The minimum atomic E-state index is -1.33. The van der Waals surface area contributed by atoms with Crippen LogP contribution in [0, 0.1) is 11.3 Å². The van der Waals surface area contributed by atoms with Gasteiger partial charge in [0.2, 0.25) is 0 Å². The lowest BCUT2D eigenvalue weighted by atomic mass is 10.0. The number of oxazole rings is 1. The second-order valence-electron chi connectivity index (χ2n) is 4.39. The molecule has 0 saturated carbocycles. The van der Waals surface area contributed by atoms with Crippen LogP contribution in [-0.2, 0) is 0 Å². The van der Waals surface area contributed by atoms with Crippen molar-refractivity contribution in [1.82, 2.24) is 4.57 Å². The first-order valence-corrected chi connectivity index (χ1v) is 5.39. The van der Waals surface area contributed by atoms with Crippen molar-refractivity contribution in [2.45, 2.75) is 19.4 Å². The smallest absolute Gasteiger partial charge is 0.407 e. The van der Waals surface area contributed by atoms with E-state index in [1.54, 1.807) is 24.3 Å². The van der Waals surface area contributed by atoms with Crippen molar-refractivity contribution in [3.63, 3.8) is 0 Å². The van der Waals surface area contributed by atoms with Gasteiger partial charge < -0.3 is 9.52 Å². The van der Waals surface area contributed by atoms with E-state index in [2.05, 4.69) is 0 Å². The molecule has 1 aromatic heterocycles. The normalized spacial score (nSPS) is 12.7. The minimum absolute atomic E-state index is 0.181. The Morgan fingerprint density at radius 3 is 2.78 bits per heavy atom. The van der Waals surface area contributed by atoms with Gasteiger partial charge in [-0.2, -0.15) is 5.26 Å². The summed E-state index contributed by atoms with van der Waals surface area (Å²) in [5, 5.41) is 18.8. The lowest BCUT2D eigenvalue weighted by molar-refractivity contribution is 0.137. The summed E-state index contributed by atoms with van der Waals surface area (Å²) < 4.78 is 6.27. The Hall–Kier alpha value is -2.32. The number of aliphatic hydroxyl groups is 1. The number of hydrogen-bond donors (Lipinski definition) is 1. The van der Waals surface area contributed by atoms with Crippen LogP contribution in [0.15, 0.2) is 39.6 Å². The number of aromatic nitrogens is 1. The Morgan fingerprint density at radius 2 is 2.17 bits per heavy atom. The van der Waals surface area contributed by atoms with Crippen LogP contribution >= 0.6 is 0 Å². The van der Waals surface area contributed by atoms with Crippen molar-refractivity contribution in [3.05, 3.63) is 40.9 Å². The standard InChI is InChI=1S/C13H12N2O3/c1-13(2,17)11(7-8-14)15-9-5-3-4-6-10(9)18-12(15)16/h3-7,17H,1-2H3. The van der Waals surface area contributed by atoms with E-state index >= 15 is 0 Å². The summed E-state index contributed by atoms with van der Waals surface area (Å²) in [4.78, 5) is 11.8. The molecule has 0 radical (unpaired) electrons. The Labute approximate surface area is 103 Å². The van der Waals surface area contributed by atoms with Gasteiger partial charge >= 0.3 is 5.76 Å². The second-order valence-corrected chi connectivity index (χ2v) is 4.39. The van der Waals surface area contributed by atoms with Crippen LogP contribution in [0.25, 0.3) is 16.8 Å². The van der Waals surface area contributed by atoms with Crippen LogP contribution in [-0.4, -0.2) is 15.3 Å². The van der Waals surface area contributed by atoms with Crippen LogP contribution < -0.4 is 5.76 Å². The molecule has 0 aliphatic rings. The van der Waals surface area contributed by atoms with Gasteiger partial charge in [0.1, 0.15) is 5.60 Å². The van der Waals surface area contributed by atoms with Crippen LogP contribution in [0.4, 0.5) is 0 Å². The van der Waals surface area contributed by atoms with Crippen molar-refractivity contribution in [3.8, 4) is 6.07 Å². The maximum absolute atomic E-state index is 11.8. The van der Waals surface area contributed by atoms with Gasteiger partial charge in [0.15, 0.2) is 5.58 Å². The molecule has 2 rings (SSSR count). The summed E-state index contributed by atoms with van der Waals surface area (Å²) in [5.74, 6) is -0.625. The number of nitrogens with zero attached hydrogens (tertiary/aromatic N) is 2. The fraction of sp³-hybridized carbons (Fsp3) is 0.231. The molecule has 0 unspecified atom stereocenters. The molecule has 0 saturated heterocycles. The van der Waals surface area contributed by atoms with E-state index < -0.39 is 11.4 Å². The summed E-state index contributed by atoms with van der Waals surface area (Å²) >= 11 is 0. The van der Waals surface area contributed by atoms with Gasteiger partial charge in [-0.05, 0) is 26.0 Å². The number of para-hydroxylation sites is 2. The van der Waals surface area contributed by atoms with Crippen molar-refractivity contribution in [1.29, 1.82) is 5.26 Å². The maximum Gasteiger partial charge on any atom is 0.424 e. The van der Waals surface area contributed by atoms with Gasteiger partial charge in [-0.25, -0.2) is 9.36 Å². The lowest BCUT2D eigenvalue weighted by Crippen LogP contribution is -2.29. The monoisotopic (exact) mass is 244 g/mol. The fourth-order valence-corrected chi connectivity index (χ4v) is 1.77. The van der Waals surface area contributed by atoms with Crippen LogP contribution in [0.2, 0.25) is 0 Å². The Kier molecular flexibility index (Phi) is 2.81. The molecule has 0 bridgehead atoms. The predicted octanol–water partition coefficient (Wildman–Crippen LogP) is 1.73. The first-order chi connectivity index (χ1) is 8.45. The molecule has 0 aliphatic heterocycles.